The molecule has 1 aliphatic heterocycles. The molecule has 1 aliphatic rings. The molecule has 4 nitrogen and oxygen atoms in total. The minimum absolute atomic E-state index is 0.0585. The number of sulfone groups is 1. The predicted octanol–water partition coefficient (Wildman–Crippen LogP) is 1.32. The molecule has 1 aromatic rings. The summed E-state index contributed by atoms with van der Waals surface area (Å²) in [6.07, 6.45) is 0.512. The monoisotopic (exact) mass is 268 g/mol. The second-order valence-corrected chi connectivity index (χ2v) is 6.67. The topological polar surface area (TPSA) is 61.2 Å². The number of anilines is 1. The van der Waals surface area contributed by atoms with Gasteiger partial charge in [0.05, 0.1) is 28.8 Å². The molecule has 1 fully saturated rings. The summed E-state index contributed by atoms with van der Waals surface area (Å²) in [4.78, 5) is 1.64. The molecule has 1 aromatic carbocycles. The van der Waals surface area contributed by atoms with Crippen LogP contribution < -0.4 is 4.90 Å². The normalized spacial score (nSPS) is 21.5. The van der Waals surface area contributed by atoms with Crippen molar-refractivity contribution in [2.24, 2.45) is 0 Å². The Hall–Kier alpha value is -1.61. The van der Waals surface area contributed by atoms with Gasteiger partial charge in [0, 0.05) is 13.1 Å². The summed E-state index contributed by atoms with van der Waals surface area (Å²) < 4.78 is 36.6. The first kappa shape index (κ1) is 12.8. The van der Waals surface area contributed by atoms with Gasteiger partial charge in [0.25, 0.3) is 0 Å². The molecule has 96 valence electrons. The van der Waals surface area contributed by atoms with E-state index < -0.39 is 15.7 Å². The Morgan fingerprint density at radius 3 is 2.72 bits per heavy atom. The van der Waals surface area contributed by atoms with Crippen LogP contribution in [0.4, 0.5) is 10.1 Å². The minimum atomic E-state index is -2.99. The van der Waals surface area contributed by atoms with Crippen LogP contribution in [-0.2, 0) is 9.84 Å². The average molecular weight is 268 g/mol. The Morgan fingerprint density at radius 1 is 1.50 bits per heavy atom. The van der Waals surface area contributed by atoms with Crippen molar-refractivity contribution in [2.75, 3.05) is 23.5 Å². The van der Waals surface area contributed by atoms with E-state index in [9.17, 15) is 12.8 Å². The molecular weight excluding hydrogens is 255 g/mol. The van der Waals surface area contributed by atoms with Gasteiger partial charge in [0.1, 0.15) is 5.82 Å². The molecule has 2 rings (SSSR count). The highest BCUT2D eigenvalue weighted by molar-refractivity contribution is 7.91. The third-order valence-corrected chi connectivity index (χ3v) is 4.96. The number of rotatable bonds is 2. The van der Waals surface area contributed by atoms with Crippen LogP contribution in [0, 0.1) is 17.1 Å². The molecule has 1 atom stereocenters. The van der Waals surface area contributed by atoms with E-state index >= 15 is 0 Å². The maximum atomic E-state index is 13.8. The number of halogens is 1. The SMILES string of the molecule is CN(c1ccc(C#N)cc1F)C1CCS(=O)(=O)C1. The second-order valence-electron chi connectivity index (χ2n) is 4.45. The van der Waals surface area contributed by atoms with Gasteiger partial charge in [-0.05, 0) is 24.6 Å². The lowest BCUT2D eigenvalue weighted by molar-refractivity contribution is 0.596. The Labute approximate surface area is 106 Å². The fourth-order valence-electron chi connectivity index (χ4n) is 2.14. The van der Waals surface area contributed by atoms with E-state index in [0.717, 1.165) is 6.07 Å². The summed E-state index contributed by atoms with van der Waals surface area (Å²) in [5.41, 5.74) is 0.583. The molecule has 1 heterocycles. The van der Waals surface area contributed by atoms with Gasteiger partial charge in [-0.25, -0.2) is 12.8 Å². The molecular formula is C12H13FN2O2S. The summed E-state index contributed by atoms with van der Waals surface area (Å²) >= 11 is 0. The smallest absolute Gasteiger partial charge is 0.152 e. The number of hydrogen-bond donors (Lipinski definition) is 0. The van der Waals surface area contributed by atoms with Crippen LogP contribution in [0.15, 0.2) is 18.2 Å². The van der Waals surface area contributed by atoms with Crippen LogP contribution in [0.25, 0.3) is 0 Å². The van der Waals surface area contributed by atoms with Crippen molar-refractivity contribution in [3.8, 4) is 6.07 Å². The molecule has 1 unspecified atom stereocenters. The van der Waals surface area contributed by atoms with E-state index in [1.165, 1.54) is 12.1 Å². The van der Waals surface area contributed by atoms with Crippen molar-refractivity contribution in [2.45, 2.75) is 12.5 Å². The summed E-state index contributed by atoms with van der Waals surface area (Å²) in [6, 6.07) is 5.87. The van der Waals surface area contributed by atoms with E-state index in [2.05, 4.69) is 0 Å². The van der Waals surface area contributed by atoms with Crippen LogP contribution in [0.1, 0.15) is 12.0 Å². The molecule has 0 spiro atoms. The maximum Gasteiger partial charge on any atom is 0.152 e. The molecule has 0 aliphatic carbocycles. The standard InChI is InChI=1S/C12H13FN2O2S/c1-15(10-4-5-18(16,17)8-10)12-3-2-9(7-14)6-11(12)13/h2-3,6,10H,4-5,8H2,1H3. The molecule has 0 N–H and O–H groups in total. The van der Waals surface area contributed by atoms with Gasteiger partial charge in [-0.3, -0.25) is 0 Å². The van der Waals surface area contributed by atoms with Gasteiger partial charge in [-0.2, -0.15) is 5.26 Å². The minimum Gasteiger partial charge on any atom is -0.368 e. The predicted molar refractivity (Wildman–Crippen MR) is 66.6 cm³/mol. The third-order valence-electron chi connectivity index (χ3n) is 3.21. The van der Waals surface area contributed by atoms with E-state index in [-0.39, 0.29) is 23.1 Å². The van der Waals surface area contributed by atoms with Crippen molar-refractivity contribution in [3.63, 3.8) is 0 Å². The lowest BCUT2D eigenvalue weighted by atomic mass is 10.1. The van der Waals surface area contributed by atoms with Gasteiger partial charge < -0.3 is 4.90 Å². The lowest BCUT2D eigenvalue weighted by Gasteiger charge is -2.26. The highest BCUT2D eigenvalue weighted by Gasteiger charge is 2.31. The van der Waals surface area contributed by atoms with Gasteiger partial charge in [-0.15, -0.1) is 0 Å². The van der Waals surface area contributed by atoms with Crippen LogP contribution in [0.5, 0.6) is 0 Å². The van der Waals surface area contributed by atoms with Crippen LogP contribution >= 0.6 is 0 Å². The second kappa shape index (κ2) is 4.58. The third kappa shape index (κ3) is 2.46. The highest BCUT2D eigenvalue weighted by Crippen LogP contribution is 2.25. The quantitative estimate of drug-likeness (QED) is 0.811. The van der Waals surface area contributed by atoms with Crippen LogP contribution in [-0.4, -0.2) is 33.0 Å². The van der Waals surface area contributed by atoms with Crippen molar-refractivity contribution >= 4 is 15.5 Å². The zero-order valence-electron chi connectivity index (χ0n) is 9.93. The fourth-order valence-corrected chi connectivity index (χ4v) is 3.91. The summed E-state index contributed by atoms with van der Waals surface area (Å²) in [7, 11) is -1.31. The Kier molecular flexibility index (Phi) is 3.26. The lowest BCUT2D eigenvalue weighted by Crippen LogP contribution is -2.33. The maximum absolute atomic E-state index is 13.8. The molecule has 0 saturated carbocycles. The average Bonchev–Trinajstić information content (AvgIpc) is 2.68. The number of benzene rings is 1. The number of hydrogen-bond acceptors (Lipinski definition) is 4. The van der Waals surface area contributed by atoms with Crippen molar-refractivity contribution < 1.29 is 12.8 Å². The first-order valence-corrected chi connectivity index (χ1v) is 7.38. The fraction of sp³-hybridized carbons (Fsp3) is 0.417. The van der Waals surface area contributed by atoms with E-state index in [4.69, 9.17) is 5.26 Å². The first-order chi connectivity index (χ1) is 8.43. The van der Waals surface area contributed by atoms with Gasteiger partial charge in [0.2, 0.25) is 0 Å². The van der Waals surface area contributed by atoms with Crippen LogP contribution in [0.3, 0.4) is 0 Å². The number of nitrogens with zero attached hydrogens (tertiary/aromatic N) is 2. The molecule has 1 saturated heterocycles. The molecule has 0 bridgehead atoms. The summed E-state index contributed by atoms with van der Waals surface area (Å²) in [5, 5.41) is 8.66. The zero-order chi connectivity index (χ0) is 13.3. The van der Waals surface area contributed by atoms with Gasteiger partial charge >= 0.3 is 0 Å². The van der Waals surface area contributed by atoms with Crippen molar-refractivity contribution in [1.82, 2.24) is 0 Å². The molecule has 0 radical (unpaired) electrons. The summed E-state index contributed by atoms with van der Waals surface area (Å²) in [6.45, 7) is 0. The largest absolute Gasteiger partial charge is 0.368 e. The Balaban J connectivity index is 2.25. The van der Waals surface area contributed by atoms with Gasteiger partial charge in [0.15, 0.2) is 9.84 Å². The highest BCUT2D eigenvalue weighted by atomic mass is 32.2. The van der Waals surface area contributed by atoms with Crippen LogP contribution in [0.2, 0.25) is 0 Å². The molecule has 6 heteroatoms. The molecule has 0 aromatic heterocycles. The molecule has 0 amide bonds. The number of nitriles is 1. The van der Waals surface area contributed by atoms with E-state index in [1.807, 2.05) is 6.07 Å². The first-order valence-electron chi connectivity index (χ1n) is 5.56. The van der Waals surface area contributed by atoms with Crippen molar-refractivity contribution in [1.29, 1.82) is 5.26 Å². The van der Waals surface area contributed by atoms with Gasteiger partial charge in [-0.1, -0.05) is 0 Å². The molecule has 18 heavy (non-hydrogen) atoms. The van der Waals surface area contributed by atoms with E-state index in [1.54, 1.807) is 11.9 Å². The Morgan fingerprint density at radius 2 is 2.22 bits per heavy atom. The van der Waals surface area contributed by atoms with Crippen molar-refractivity contribution in [3.05, 3.63) is 29.6 Å². The zero-order valence-corrected chi connectivity index (χ0v) is 10.7. The van der Waals surface area contributed by atoms with E-state index in [0.29, 0.717) is 12.1 Å². The Bertz CT molecular complexity index is 607. The summed E-state index contributed by atoms with van der Waals surface area (Å²) in [5.74, 6) is -0.288.